The number of hydrogen-bond donors (Lipinski definition) is 0. The van der Waals surface area contributed by atoms with Crippen LogP contribution in [0.25, 0.3) is 98.3 Å². The van der Waals surface area contributed by atoms with Gasteiger partial charge in [-0.05, 0) is 79.5 Å². The van der Waals surface area contributed by atoms with Crippen molar-refractivity contribution >= 4 is 87.0 Å². The molecular formula is C41H21N5. The molecule has 0 aliphatic rings. The molecule has 210 valence electrons. The number of fused-ring (bicyclic) bond motifs is 6. The first-order valence-corrected chi connectivity index (χ1v) is 15.4. The van der Waals surface area contributed by atoms with E-state index >= 15 is 0 Å². The zero-order valence-electron chi connectivity index (χ0n) is 24.4. The van der Waals surface area contributed by atoms with Gasteiger partial charge in [-0.2, -0.15) is 5.26 Å². The minimum absolute atomic E-state index is 0.573. The Labute approximate surface area is 261 Å². The summed E-state index contributed by atoms with van der Waals surface area (Å²) >= 11 is 0. The average Bonchev–Trinajstić information content (AvgIpc) is 3.64. The highest BCUT2D eigenvalue weighted by atomic mass is 15.1. The van der Waals surface area contributed by atoms with Gasteiger partial charge in [0.15, 0.2) is 0 Å². The molecule has 7 aromatic carbocycles. The zero-order chi connectivity index (χ0) is 30.1. The van der Waals surface area contributed by atoms with Crippen molar-refractivity contribution in [1.29, 1.82) is 5.26 Å². The minimum atomic E-state index is 0.573. The second kappa shape index (κ2) is 8.35. The Hall–Kier alpha value is -6.51. The molecule has 0 aliphatic heterocycles. The lowest BCUT2D eigenvalue weighted by Gasteiger charge is -2.15. The molecule has 4 aromatic heterocycles. The van der Waals surface area contributed by atoms with Gasteiger partial charge in [0.2, 0.25) is 0 Å². The summed E-state index contributed by atoms with van der Waals surface area (Å²) in [6.45, 7) is 0. The van der Waals surface area contributed by atoms with E-state index in [1.807, 2.05) is 30.6 Å². The van der Waals surface area contributed by atoms with Gasteiger partial charge < -0.3 is 0 Å². The van der Waals surface area contributed by atoms with Crippen LogP contribution in [0.2, 0.25) is 0 Å². The first kappa shape index (κ1) is 23.9. The summed E-state index contributed by atoms with van der Waals surface area (Å²) in [5, 5.41) is 25.1. The molecule has 5 nitrogen and oxygen atoms in total. The molecule has 46 heavy (non-hydrogen) atoms. The molecule has 11 aromatic rings. The van der Waals surface area contributed by atoms with Crippen molar-refractivity contribution in [2.24, 2.45) is 0 Å². The van der Waals surface area contributed by atoms with Crippen LogP contribution >= 0.6 is 0 Å². The highest BCUT2D eigenvalue weighted by Crippen LogP contribution is 2.45. The average molecular weight is 584 g/mol. The summed E-state index contributed by atoms with van der Waals surface area (Å²) in [7, 11) is 0. The highest BCUT2D eigenvalue weighted by molar-refractivity contribution is 6.35. The fourth-order valence-electron chi connectivity index (χ4n) is 8.25. The van der Waals surface area contributed by atoms with Crippen molar-refractivity contribution in [2.75, 3.05) is 0 Å². The normalized spacial score (nSPS) is 12.3. The summed E-state index contributed by atoms with van der Waals surface area (Å²) in [5.74, 6) is 0. The fraction of sp³-hybridized carbons (Fsp3) is 0. The van der Waals surface area contributed by atoms with E-state index in [2.05, 4.69) is 112 Å². The first-order chi connectivity index (χ1) is 22.8. The maximum Gasteiger partial charge on any atom is 0.146 e. The van der Waals surface area contributed by atoms with E-state index in [4.69, 9.17) is 9.97 Å². The van der Waals surface area contributed by atoms with Crippen LogP contribution in [0.4, 0.5) is 0 Å². The predicted molar refractivity (Wildman–Crippen MR) is 188 cm³/mol. The molecule has 0 aliphatic carbocycles. The van der Waals surface area contributed by atoms with Gasteiger partial charge in [0, 0.05) is 33.9 Å². The SMILES string of the molecule is N#Cc1c(-n2c3cccc4c5ccccc5c5ccnc2c5c43)cccc1-n1c2cccc3c4ccccc4c4ccnc1c4c32. The van der Waals surface area contributed by atoms with E-state index in [9.17, 15) is 5.26 Å². The number of nitrogens with zero attached hydrogens (tertiary/aromatic N) is 5. The summed E-state index contributed by atoms with van der Waals surface area (Å²) in [5.41, 5.74) is 5.94. The molecule has 0 atom stereocenters. The lowest BCUT2D eigenvalue weighted by atomic mass is 9.96. The molecule has 5 heteroatoms. The molecule has 4 heterocycles. The smallest absolute Gasteiger partial charge is 0.146 e. The lowest BCUT2D eigenvalue weighted by molar-refractivity contribution is 1.09. The molecule has 0 amide bonds. The fourth-order valence-corrected chi connectivity index (χ4v) is 8.25. The van der Waals surface area contributed by atoms with E-state index in [1.54, 1.807) is 0 Å². The number of pyridine rings is 2. The van der Waals surface area contributed by atoms with Gasteiger partial charge in [0.1, 0.15) is 22.9 Å². The molecule has 0 spiro atoms. The summed E-state index contributed by atoms with van der Waals surface area (Å²) in [6, 6.07) is 43.0. The van der Waals surface area contributed by atoms with Gasteiger partial charge in [-0.1, -0.05) is 78.9 Å². The van der Waals surface area contributed by atoms with E-state index < -0.39 is 0 Å². The molecule has 0 unspecified atom stereocenters. The van der Waals surface area contributed by atoms with Crippen molar-refractivity contribution in [3.05, 3.63) is 133 Å². The zero-order valence-corrected chi connectivity index (χ0v) is 24.4. The van der Waals surface area contributed by atoms with Crippen molar-refractivity contribution in [2.45, 2.75) is 0 Å². The molecule has 0 bridgehead atoms. The van der Waals surface area contributed by atoms with Gasteiger partial charge in [-0.15, -0.1) is 0 Å². The maximum absolute atomic E-state index is 11.0. The second-order valence-electron chi connectivity index (χ2n) is 12.1. The maximum atomic E-state index is 11.0. The lowest BCUT2D eigenvalue weighted by Crippen LogP contribution is -2.04. The molecule has 0 fully saturated rings. The summed E-state index contributed by atoms with van der Waals surface area (Å²) < 4.78 is 4.36. The van der Waals surface area contributed by atoms with E-state index in [0.717, 1.165) is 44.5 Å². The van der Waals surface area contributed by atoms with E-state index in [-0.39, 0.29) is 0 Å². The van der Waals surface area contributed by atoms with Crippen LogP contribution in [0.3, 0.4) is 0 Å². The molecule has 11 rings (SSSR count). The number of rotatable bonds is 2. The van der Waals surface area contributed by atoms with Crippen LogP contribution in [-0.4, -0.2) is 19.1 Å². The minimum Gasteiger partial charge on any atom is -0.292 e. The Kier molecular flexibility index (Phi) is 4.34. The largest absolute Gasteiger partial charge is 0.292 e. The van der Waals surface area contributed by atoms with Gasteiger partial charge in [-0.3, -0.25) is 9.13 Å². The third-order valence-corrected chi connectivity index (χ3v) is 9.98. The van der Waals surface area contributed by atoms with E-state index in [1.165, 1.54) is 53.9 Å². The predicted octanol–water partition coefficient (Wildman–Crippen LogP) is 10.0. The Bertz CT molecular complexity index is 2720. The van der Waals surface area contributed by atoms with Crippen LogP contribution in [0, 0.1) is 11.3 Å². The monoisotopic (exact) mass is 583 g/mol. The third-order valence-electron chi connectivity index (χ3n) is 9.98. The topological polar surface area (TPSA) is 59.4 Å². The Morgan fingerprint density at radius 3 is 1.24 bits per heavy atom. The number of hydrogen-bond acceptors (Lipinski definition) is 3. The molecule has 0 saturated heterocycles. The second-order valence-corrected chi connectivity index (χ2v) is 12.1. The van der Waals surface area contributed by atoms with Crippen LogP contribution in [-0.2, 0) is 0 Å². The highest BCUT2D eigenvalue weighted by Gasteiger charge is 2.25. The van der Waals surface area contributed by atoms with Crippen LogP contribution in [0.1, 0.15) is 5.56 Å². The van der Waals surface area contributed by atoms with Gasteiger partial charge in [0.05, 0.1) is 22.4 Å². The Balaban J connectivity index is 1.30. The molecule has 0 radical (unpaired) electrons. The third kappa shape index (κ3) is 2.72. The van der Waals surface area contributed by atoms with Crippen molar-refractivity contribution in [1.82, 2.24) is 19.1 Å². The number of nitriles is 1. The Morgan fingerprint density at radius 2 is 0.804 bits per heavy atom. The molecular weight excluding hydrogens is 562 g/mol. The van der Waals surface area contributed by atoms with Crippen LogP contribution in [0.15, 0.2) is 128 Å². The van der Waals surface area contributed by atoms with Crippen molar-refractivity contribution in [3.63, 3.8) is 0 Å². The van der Waals surface area contributed by atoms with Crippen LogP contribution in [0.5, 0.6) is 0 Å². The van der Waals surface area contributed by atoms with Gasteiger partial charge >= 0.3 is 0 Å². The van der Waals surface area contributed by atoms with Crippen molar-refractivity contribution in [3.8, 4) is 17.4 Å². The first-order valence-electron chi connectivity index (χ1n) is 15.4. The summed E-state index contributed by atoms with van der Waals surface area (Å²) in [6.07, 6.45) is 3.77. The molecule has 0 N–H and O–H groups in total. The van der Waals surface area contributed by atoms with Crippen LogP contribution < -0.4 is 0 Å². The van der Waals surface area contributed by atoms with Crippen molar-refractivity contribution < 1.29 is 0 Å². The standard InChI is InChI=1S/C41H21N5/c42-22-31-32(45-34-16-5-12-27-23-8-1-3-10-25(23)29-18-20-43-40(45)38(29)36(27)34)14-7-15-33(31)46-35-17-6-13-28-24-9-2-4-11-26(24)30-19-21-44-41(46)39(30)37(28)35/h1-21H. The van der Waals surface area contributed by atoms with E-state index in [0.29, 0.717) is 5.56 Å². The molecule has 0 saturated carbocycles. The quantitative estimate of drug-likeness (QED) is 0.190. The van der Waals surface area contributed by atoms with Gasteiger partial charge in [0.25, 0.3) is 0 Å². The number of benzene rings is 7. The number of aromatic nitrogens is 4. The Morgan fingerprint density at radius 1 is 0.413 bits per heavy atom. The van der Waals surface area contributed by atoms with Gasteiger partial charge in [-0.25, -0.2) is 9.97 Å². The summed E-state index contributed by atoms with van der Waals surface area (Å²) in [4.78, 5) is 9.92.